The summed E-state index contributed by atoms with van der Waals surface area (Å²) in [6.07, 6.45) is 2.62. The van der Waals surface area contributed by atoms with Gasteiger partial charge in [0, 0.05) is 25.7 Å². The highest BCUT2D eigenvalue weighted by molar-refractivity contribution is 7.92. The summed E-state index contributed by atoms with van der Waals surface area (Å²) < 4.78 is 30.5. The number of anilines is 1. The number of nitrogens with zero attached hydrogens (tertiary/aromatic N) is 1. The minimum atomic E-state index is -3.39. The molecular formula is C16H24N2O4S. The molecular weight excluding hydrogens is 316 g/mol. The predicted octanol–water partition coefficient (Wildman–Crippen LogP) is 1.30. The fraction of sp³-hybridized carbons (Fsp3) is 0.562. The van der Waals surface area contributed by atoms with Crippen LogP contribution in [0.5, 0.6) is 0 Å². The van der Waals surface area contributed by atoms with Crippen LogP contribution in [-0.2, 0) is 19.6 Å². The molecule has 1 heterocycles. The lowest BCUT2D eigenvalue weighted by molar-refractivity contribution is -0.127. The van der Waals surface area contributed by atoms with Gasteiger partial charge in [-0.1, -0.05) is 17.7 Å². The van der Waals surface area contributed by atoms with Crippen molar-refractivity contribution in [3.63, 3.8) is 0 Å². The normalized spacial score (nSPS) is 16.1. The molecule has 0 aromatic heterocycles. The number of ether oxygens (including phenoxy) is 1. The van der Waals surface area contributed by atoms with E-state index in [0.717, 1.165) is 18.4 Å². The molecule has 0 aliphatic carbocycles. The van der Waals surface area contributed by atoms with Gasteiger partial charge >= 0.3 is 0 Å². The quantitative estimate of drug-likeness (QED) is 0.847. The Morgan fingerprint density at radius 2 is 1.87 bits per heavy atom. The third-order valence-corrected chi connectivity index (χ3v) is 5.12. The number of sulfonamides is 1. The monoisotopic (exact) mass is 340 g/mol. The molecule has 7 heteroatoms. The number of nitrogens with one attached hydrogen (secondary N) is 1. The maximum Gasteiger partial charge on any atom is 0.232 e. The molecule has 0 saturated carbocycles. The SMILES string of the molecule is Cc1ccc(N(CCNC(=O)C2CCOCC2)S(C)(=O)=O)cc1. The Bertz CT molecular complexity index is 622. The van der Waals surface area contributed by atoms with Gasteiger partial charge in [0.15, 0.2) is 0 Å². The van der Waals surface area contributed by atoms with Gasteiger partial charge in [-0.05, 0) is 31.9 Å². The molecule has 2 rings (SSSR count). The van der Waals surface area contributed by atoms with Crippen molar-refractivity contribution < 1.29 is 17.9 Å². The first-order valence-corrected chi connectivity index (χ1v) is 9.62. The van der Waals surface area contributed by atoms with Gasteiger partial charge in [-0.2, -0.15) is 0 Å². The highest BCUT2D eigenvalue weighted by Gasteiger charge is 2.22. The van der Waals surface area contributed by atoms with Crippen LogP contribution in [0.1, 0.15) is 18.4 Å². The molecule has 1 amide bonds. The average Bonchev–Trinajstić information content (AvgIpc) is 2.52. The number of carbonyl (C=O) groups is 1. The van der Waals surface area contributed by atoms with Crippen molar-refractivity contribution in [1.29, 1.82) is 0 Å². The van der Waals surface area contributed by atoms with Crippen LogP contribution in [0, 0.1) is 12.8 Å². The van der Waals surface area contributed by atoms with E-state index in [1.54, 1.807) is 12.1 Å². The summed E-state index contributed by atoms with van der Waals surface area (Å²) in [6, 6.07) is 7.29. The zero-order chi connectivity index (χ0) is 16.9. The van der Waals surface area contributed by atoms with Gasteiger partial charge in [0.25, 0.3) is 0 Å². The fourth-order valence-electron chi connectivity index (χ4n) is 2.58. The number of hydrogen-bond acceptors (Lipinski definition) is 4. The predicted molar refractivity (Wildman–Crippen MR) is 89.9 cm³/mol. The Hall–Kier alpha value is -1.60. The summed E-state index contributed by atoms with van der Waals surface area (Å²) in [6.45, 7) is 3.67. The van der Waals surface area contributed by atoms with E-state index in [1.165, 1.54) is 10.6 Å². The number of carbonyl (C=O) groups excluding carboxylic acids is 1. The molecule has 1 aliphatic rings. The summed E-state index contributed by atoms with van der Waals surface area (Å²) in [4.78, 5) is 12.1. The van der Waals surface area contributed by atoms with Gasteiger partial charge in [0.1, 0.15) is 0 Å². The summed E-state index contributed by atoms with van der Waals surface area (Å²) in [5.41, 5.74) is 1.67. The van der Waals surface area contributed by atoms with Crippen molar-refractivity contribution in [2.24, 2.45) is 5.92 Å². The first-order valence-electron chi connectivity index (χ1n) is 7.78. The number of rotatable bonds is 6. The summed E-state index contributed by atoms with van der Waals surface area (Å²) in [5.74, 6) is -0.0551. The van der Waals surface area contributed by atoms with E-state index < -0.39 is 10.0 Å². The third-order valence-electron chi connectivity index (χ3n) is 3.93. The lowest BCUT2D eigenvalue weighted by atomic mass is 9.99. The molecule has 128 valence electrons. The van der Waals surface area contributed by atoms with Crippen molar-refractivity contribution >= 4 is 21.6 Å². The van der Waals surface area contributed by atoms with Crippen molar-refractivity contribution in [1.82, 2.24) is 5.32 Å². The van der Waals surface area contributed by atoms with Crippen LogP contribution in [0.4, 0.5) is 5.69 Å². The van der Waals surface area contributed by atoms with Crippen molar-refractivity contribution in [2.75, 3.05) is 36.9 Å². The molecule has 1 N–H and O–H groups in total. The van der Waals surface area contributed by atoms with Crippen molar-refractivity contribution in [3.05, 3.63) is 29.8 Å². The molecule has 1 aromatic rings. The van der Waals surface area contributed by atoms with Gasteiger partial charge in [-0.25, -0.2) is 8.42 Å². The molecule has 0 spiro atoms. The molecule has 1 saturated heterocycles. The van der Waals surface area contributed by atoms with Crippen molar-refractivity contribution in [2.45, 2.75) is 19.8 Å². The van der Waals surface area contributed by atoms with E-state index in [0.29, 0.717) is 18.9 Å². The van der Waals surface area contributed by atoms with E-state index in [9.17, 15) is 13.2 Å². The Morgan fingerprint density at radius 3 is 2.43 bits per heavy atom. The Labute approximate surface area is 137 Å². The van der Waals surface area contributed by atoms with Gasteiger partial charge in [-0.15, -0.1) is 0 Å². The van der Waals surface area contributed by atoms with Crippen LogP contribution in [0.3, 0.4) is 0 Å². The molecule has 1 aromatic carbocycles. The fourth-order valence-corrected chi connectivity index (χ4v) is 3.51. The lowest BCUT2D eigenvalue weighted by Gasteiger charge is -2.24. The van der Waals surface area contributed by atoms with E-state index in [2.05, 4.69) is 5.32 Å². The molecule has 0 unspecified atom stereocenters. The van der Waals surface area contributed by atoms with Crippen LogP contribution in [0.2, 0.25) is 0 Å². The van der Waals surface area contributed by atoms with Gasteiger partial charge in [-0.3, -0.25) is 9.10 Å². The van der Waals surface area contributed by atoms with Crippen LogP contribution in [0.15, 0.2) is 24.3 Å². The second-order valence-corrected chi connectivity index (χ2v) is 7.76. The first kappa shape index (κ1) is 17.7. The van der Waals surface area contributed by atoms with Gasteiger partial charge in [0.2, 0.25) is 15.9 Å². The zero-order valence-electron chi connectivity index (χ0n) is 13.6. The van der Waals surface area contributed by atoms with Gasteiger partial charge in [0.05, 0.1) is 18.5 Å². The van der Waals surface area contributed by atoms with Crippen molar-refractivity contribution in [3.8, 4) is 0 Å². The molecule has 0 bridgehead atoms. The minimum Gasteiger partial charge on any atom is -0.381 e. The number of aryl methyl sites for hydroxylation is 1. The lowest BCUT2D eigenvalue weighted by Crippen LogP contribution is -2.41. The number of benzene rings is 1. The molecule has 6 nitrogen and oxygen atoms in total. The first-order chi connectivity index (χ1) is 10.9. The van der Waals surface area contributed by atoms with Crippen LogP contribution < -0.4 is 9.62 Å². The molecule has 0 radical (unpaired) electrons. The molecule has 23 heavy (non-hydrogen) atoms. The Kier molecular flexibility index (Phi) is 6.01. The van der Waals surface area contributed by atoms with E-state index >= 15 is 0 Å². The standard InChI is InChI=1S/C16H24N2O4S/c1-13-3-5-15(6-4-13)18(23(2,20)21)10-9-17-16(19)14-7-11-22-12-8-14/h3-6,14H,7-12H2,1-2H3,(H,17,19). The van der Waals surface area contributed by atoms with Crippen LogP contribution >= 0.6 is 0 Å². The molecule has 1 aliphatic heterocycles. The smallest absolute Gasteiger partial charge is 0.232 e. The minimum absolute atomic E-state index is 0.0225. The largest absolute Gasteiger partial charge is 0.381 e. The highest BCUT2D eigenvalue weighted by Crippen LogP contribution is 2.18. The van der Waals surface area contributed by atoms with E-state index in [1.807, 2.05) is 19.1 Å². The third kappa shape index (κ3) is 5.21. The maximum absolute atomic E-state index is 12.1. The topological polar surface area (TPSA) is 75.7 Å². The number of hydrogen-bond donors (Lipinski definition) is 1. The van der Waals surface area contributed by atoms with E-state index in [-0.39, 0.29) is 24.9 Å². The Balaban J connectivity index is 1.94. The van der Waals surface area contributed by atoms with E-state index in [4.69, 9.17) is 4.74 Å². The Morgan fingerprint density at radius 1 is 1.26 bits per heavy atom. The highest BCUT2D eigenvalue weighted by atomic mass is 32.2. The summed E-state index contributed by atoms with van der Waals surface area (Å²) in [7, 11) is -3.39. The molecule has 0 atom stereocenters. The molecule has 1 fully saturated rings. The zero-order valence-corrected chi connectivity index (χ0v) is 14.4. The van der Waals surface area contributed by atoms with Crippen LogP contribution in [0.25, 0.3) is 0 Å². The van der Waals surface area contributed by atoms with Crippen LogP contribution in [-0.4, -0.2) is 46.9 Å². The van der Waals surface area contributed by atoms with Gasteiger partial charge < -0.3 is 10.1 Å². The second-order valence-electron chi connectivity index (χ2n) is 5.85. The number of amides is 1. The summed E-state index contributed by atoms with van der Waals surface area (Å²) in [5, 5.41) is 2.84. The average molecular weight is 340 g/mol. The second kappa shape index (κ2) is 7.79. The maximum atomic E-state index is 12.1. The summed E-state index contributed by atoms with van der Waals surface area (Å²) >= 11 is 0.